The highest BCUT2D eigenvalue weighted by Gasteiger charge is 2.17. The zero-order valence-corrected chi connectivity index (χ0v) is 14.7. The van der Waals surface area contributed by atoms with E-state index in [1.54, 1.807) is 11.3 Å². The fourth-order valence-electron chi connectivity index (χ4n) is 2.09. The molecule has 0 radical (unpaired) electrons. The lowest BCUT2D eigenvalue weighted by Crippen LogP contribution is -2.29. The largest absolute Gasteiger partial charge is 0.344 e. The summed E-state index contributed by atoms with van der Waals surface area (Å²) in [5.74, 6) is 0.0681. The van der Waals surface area contributed by atoms with Crippen molar-refractivity contribution in [2.24, 2.45) is 0 Å². The summed E-state index contributed by atoms with van der Waals surface area (Å²) in [4.78, 5) is 13.2. The first-order valence-corrected chi connectivity index (χ1v) is 8.19. The molecule has 22 heavy (non-hydrogen) atoms. The standard InChI is InChI=1S/C16H19ClN2OS.ClH/c1-18-10-2-5-15(20)19-16(14-4-3-11-21-14)12-6-8-13(17)9-7-12;/h3-4,6-9,11,16,18H,2,5,10H2,1H3,(H,19,20);1H. The van der Waals surface area contributed by atoms with Crippen LogP contribution in [-0.2, 0) is 4.79 Å². The van der Waals surface area contributed by atoms with E-state index in [1.807, 2.05) is 48.8 Å². The molecule has 0 bridgehead atoms. The van der Waals surface area contributed by atoms with Crippen molar-refractivity contribution in [3.05, 3.63) is 57.2 Å². The van der Waals surface area contributed by atoms with Crippen LogP contribution in [0.15, 0.2) is 41.8 Å². The van der Waals surface area contributed by atoms with Crippen molar-refractivity contribution < 1.29 is 4.79 Å². The van der Waals surface area contributed by atoms with Crippen LogP contribution in [0, 0.1) is 0 Å². The number of nitrogens with one attached hydrogen (secondary N) is 2. The minimum atomic E-state index is -0.107. The third kappa shape index (κ3) is 5.61. The second kappa shape index (κ2) is 9.85. The van der Waals surface area contributed by atoms with E-state index in [0.717, 1.165) is 23.4 Å². The molecule has 3 nitrogen and oxygen atoms in total. The monoisotopic (exact) mass is 358 g/mol. The Morgan fingerprint density at radius 1 is 1.27 bits per heavy atom. The van der Waals surface area contributed by atoms with E-state index in [1.165, 1.54) is 0 Å². The van der Waals surface area contributed by atoms with E-state index in [0.29, 0.717) is 11.4 Å². The minimum Gasteiger partial charge on any atom is -0.344 e. The molecule has 0 fully saturated rings. The second-order valence-electron chi connectivity index (χ2n) is 4.77. The van der Waals surface area contributed by atoms with E-state index in [-0.39, 0.29) is 24.4 Å². The molecule has 2 rings (SSSR count). The maximum Gasteiger partial charge on any atom is 0.220 e. The molecule has 2 aromatic rings. The van der Waals surface area contributed by atoms with Crippen molar-refractivity contribution in [2.75, 3.05) is 13.6 Å². The lowest BCUT2D eigenvalue weighted by molar-refractivity contribution is -0.121. The Morgan fingerprint density at radius 3 is 2.59 bits per heavy atom. The molecule has 1 unspecified atom stereocenters. The Kier molecular flexibility index (Phi) is 8.49. The average Bonchev–Trinajstić information content (AvgIpc) is 3.00. The van der Waals surface area contributed by atoms with Crippen molar-refractivity contribution in [3.63, 3.8) is 0 Å². The molecule has 1 heterocycles. The Morgan fingerprint density at radius 2 is 2.00 bits per heavy atom. The number of thiophene rings is 1. The Balaban J connectivity index is 0.00000242. The predicted octanol–water partition coefficient (Wildman–Crippen LogP) is 4.03. The number of amides is 1. The minimum absolute atomic E-state index is 0. The quantitative estimate of drug-likeness (QED) is 0.733. The van der Waals surface area contributed by atoms with Crippen LogP contribution in [0.3, 0.4) is 0 Å². The van der Waals surface area contributed by atoms with Gasteiger partial charge in [0, 0.05) is 16.3 Å². The first-order valence-electron chi connectivity index (χ1n) is 6.93. The maximum absolute atomic E-state index is 12.1. The summed E-state index contributed by atoms with van der Waals surface area (Å²) < 4.78 is 0. The normalized spacial score (nSPS) is 11.5. The fourth-order valence-corrected chi connectivity index (χ4v) is 3.02. The smallest absolute Gasteiger partial charge is 0.220 e. The third-order valence-corrected chi connectivity index (χ3v) is 4.36. The van der Waals surface area contributed by atoms with E-state index in [4.69, 9.17) is 11.6 Å². The second-order valence-corrected chi connectivity index (χ2v) is 6.19. The van der Waals surface area contributed by atoms with Crippen molar-refractivity contribution >= 4 is 41.3 Å². The van der Waals surface area contributed by atoms with Crippen molar-refractivity contribution in [3.8, 4) is 0 Å². The van der Waals surface area contributed by atoms with E-state index < -0.39 is 0 Å². The van der Waals surface area contributed by atoms with Gasteiger partial charge in [0.1, 0.15) is 0 Å². The van der Waals surface area contributed by atoms with Crippen molar-refractivity contribution in [1.29, 1.82) is 0 Å². The van der Waals surface area contributed by atoms with Gasteiger partial charge >= 0.3 is 0 Å². The molecule has 120 valence electrons. The number of benzene rings is 1. The highest BCUT2D eigenvalue weighted by molar-refractivity contribution is 7.10. The van der Waals surface area contributed by atoms with Gasteiger partial charge in [0.05, 0.1) is 6.04 Å². The van der Waals surface area contributed by atoms with Crippen LogP contribution >= 0.6 is 35.3 Å². The van der Waals surface area contributed by atoms with E-state index >= 15 is 0 Å². The van der Waals surface area contributed by atoms with E-state index in [9.17, 15) is 4.79 Å². The number of hydrogen-bond donors (Lipinski definition) is 2. The Bertz CT molecular complexity index is 558. The van der Waals surface area contributed by atoms with Gasteiger partial charge in [-0.1, -0.05) is 29.8 Å². The van der Waals surface area contributed by atoms with Gasteiger partial charge in [-0.05, 0) is 49.2 Å². The van der Waals surface area contributed by atoms with Crippen molar-refractivity contribution in [2.45, 2.75) is 18.9 Å². The number of rotatable bonds is 7. The molecule has 1 atom stereocenters. The first kappa shape index (κ1) is 19.0. The zero-order chi connectivity index (χ0) is 15.1. The van der Waals surface area contributed by atoms with Crippen LogP contribution in [0.4, 0.5) is 0 Å². The van der Waals surface area contributed by atoms with Gasteiger partial charge < -0.3 is 10.6 Å². The van der Waals surface area contributed by atoms with Crippen LogP contribution in [0.2, 0.25) is 5.02 Å². The molecular formula is C16H20Cl2N2OS. The summed E-state index contributed by atoms with van der Waals surface area (Å²) in [6.45, 7) is 0.845. The van der Waals surface area contributed by atoms with Gasteiger partial charge in [-0.3, -0.25) is 4.79 Å². The van der Waals surface area contributed by atoms with Gasteiger partial charge in [-0.15, -0.1) is 23.7 Å². The average molecular weight is 359 g/mol. The lowest BCUT2D eigenvalue weighted by atomic mass is 10.1. The number of carbonyl (C=O) groups is 1. The summed E-state index contributed by atoms with van der Waals surface area (Å²) in [5, 5.41) is 8.88. The van der Waals surface area contributed by atoms with Gasteiger partial charge in [-0.25, -0.2) is 0 Å². The fraction of sp³-hybridized carbons (Fsp3) is 0.312. The van der Waals surface area contributed by atoms with Crippen LogP contribution in [0.5, 0.6) is 0 Å². The molecule has 1 aromatic carbocycles. The molecule has 0 saturated carbocycles. The molecule has 0 aliphatic carbocycles. The number of halogens is 2. The molecule has 1 amide bonds. The summed E-state index contributed by atoms with van der Waals surface area (Å²) in [6.07, 6.45) is 1.36. The summed E-state index contributed by atoms with van der Waals surface area (Å²) >= 11 is 7.58. The molecule has 2 N–H and O–H groups in total. The molecule has 0 spiro atoms. The summed E-state index contributed by atoms with van der Waals surface area (Å²) in [5.41, 5.74) is 1.05. The molecular weight excluding hydrogens is 339 g/mol. The SMILES string of the molecule is CNCCCC(=O)NC(c1ccc(Cl)cc1)c1cccs1.Cl. The number of hydrogen-bond acceptors (Lipinski definition) is 3. The zero-order valence-electron chi connectivity index (χ0n) is 12.3. The van der Waals surface area contributed by atoms with Gasteiger partial charge in [0.2, 0.25) is 5.91 Å². The molecule has 1 aromatic heterocycles. The summed E-state index contributed by atoms with van der Waals surface area (Å²) in [6, 6.07) is 11.6. The van der Waals surface area contributed by atoms with Crippen LogP contribution in [0.1, 0.15) is 29.3 Å². The van der Waals surface area contributed by atoms with Gasteiger partial charge in [0.25, 0.3) is 0 Å². The van der Waals surface area contributed by atoms with Crippen molar-refractivity contribution in [1.82, 2.24) is 10.6 Å². The predicted molar refractivity (Wildman–Crippen MR) is 96.2 cm³/mol. The first-order chi connectivity index (χ1) is 10.2. The Hall–Kier alpha value is -1.07. The molecule has 6 heteroatoms. The molecule has 0 aliphatic rings. The highest BCUT2D eigenvalue weighted by Crippen LogP contribution is 2.27. The van der Waals surface area contributed by atoms with E-state index in [2.05, 4.69) is 10.6 Å². The third-order valence-electron chi connectivity index (χ3n) is 3.17. The lowest BCUT2D eigenvalue weighted by Gasteiger charge is -2.18. The highest BCUT2D eigenvalue weighted by atomic mass is 35.5. The topological polar surface area (TPSA) is 41.1 Å². The maximum atomic E-state index is 12.1. The van der Waals surface area contributed by atoms with Gasteiger partial charge in [-0.2, -0.15) is 0 Å². The molecule has 0 aliphatic heterocycles. The van der Waals surface area contributed by atoms with Crippen LogP contribution in [-0.4, -0.2) is 19.5 Å². The number of carbonyl (C=O) groups excluding carboxylic acids is 1. The van der Waals surface area contributed by atoms with Gasteiger partial charge in [0.15, 0.2) is 0 Å². The Labute approximate surface area is 146 Å². The molecule has 0 saturated heterocycles. The van der Waals surface area contributed by atoms with Crippen LogP contribution in [0.25, 0.3) is 0 Å². The summed E-state index contributed by atoms with van der Waals surface area (Å²) in [7, 11) is 1.89. The van der Waals surface area contributed by atoms with Crippen LogP contribution < -0.4 is 10.6 Å².